The largest absolute Gasteiger partial charge is 0.436 e. The van der Waals surface area contributed by atoms with E-state index in [9.17, 15) is 5.26 Å². The summed E-state index contributed by atoms with van der Waals surface area (Å²) in [6.45, 7) is 0. The van der Waals surface area contributed by atoms with E-state index >= 15 is 0 Å². The van der Waals surface area contributed by atoms with Gasteiger partial charge in [0.25, 0.3) is 0 Å². The van der Waals surface area contributed by atoms with Crippen molar-refractivity contribution in [3.63, 3.8) is 0 Å². The van der Waals surface area contributed by atoms with Crippen LogP contribution in [0.4, 0.5) is 11.4 Å². The molecule has 0 atom stereocenters. The molecule has 0 aliphatic carbocycles. The third-order valence-electron chi connectivity index (χ3n) is 4.63. The van der Waals surface area contributed by atoms with Crippen LogP contribution in [0.3, 0.4) is 0 Å². The third kappa shape index (κ3) is 3.33. The fraction of sp³-hybridized carbons (Fsp3) is 0. The fourth-order valence-electron chi connectivity index (χ4n) is 3.20. The van der Waals surface area contributed by atoms with E-state index in [0.717, 1.165) is 43.4 Å². The second-order valence-corrected chi connectivity index (χ2v) is 7.45. The smallest absolute Gasteiger partial charge is 0.227 e. The molecule has 3 aromatic carbocycles. The van der Waals surface area contributed by atoms with E-state index in [0.29, 0.717) is 11.5 Å². The number of hydrogen-bond acceptors (Lipinski definition) is 5. The molecule has 0 radical (unpaired) electrons. The highest BCUT2D eigenvalue weighted by Gasteiger charge is 2.09. The van der Waals surface area contributed by atoms with E-state index < -0.39 is 0 Å². The van der Waals surface area contributed by atoms with Crippen LogP contribution in [0.2, 0.25) is 0 Å². The number of pyridine rings is 1. The van der Waals surface area contributed by atoms with Gasteiger partial charge >= 0.3 is 0 Å². The van der Waals surface area contributed by atoms with Gasteiger partial charge in [-0.1, -0.05) is 15.9 Å². The van der Waals surface area contributed by atoms with Crippen molar-refractivity contribution in [3.05, 3.63) is 83.0 Å². The lowest BCUT2D eigenvalue weighted by Crippen LogP contribution is -1.93. The molecule has 0 amide bonds. The van der Waals surface area contributed by atoms with Crippen LogP contribution < -0.4 is 5.32 Å². The molecule has 5 rings (SSSR count). The second-order valence-electron chi connectivity index (χ2n) is 6.54. The summed E-state index contributed by atoms with van der Waals surface area (Å²) in [5, 5.41) is 13.5. The second kappa shape index (κ2) is 7.04. The molecule has 2 heterocycles. The summed E-state index contributed by atoms with van der Waals surface area (Å²) < 4.78 is 6.83. The van der Waals surface area contributed by atoms with Crippen molar-refractivity contribution in [2.24, 2.45) is 0 Å². The number of nitriles is 1. The third-order valence-corrected chi connectivity index (χ3v) is 5.12. The Morgan fingerprint density at radius 3 is 2.62 bits per heavy atom. The summed E-state index contributed by atoms with van der Waals surface area (Å²) in [6, 6.07) is 23.2. The van der Waals surface area contributed by atoms with Crippen molar-refractivity contribution < 1.29 is 4.42 Å². The van der Waals surface area contributed by atoms with Gasteiger partial charge in [-0.2, -0.15) is 5.26 Å². The van der Waals surface area contributed by atoms with E-state index in [1.54, 1.807) is 12.3 Å². The van der Waals surface area contributed by atoms with Crippen molar-refractivity contribution in [3.8, 4) is 17.5 Å². The number of oxazole rings is 1. The summed E-state index contributed by atoms with van der Waals surface area (Å²) in [7, 11) is 0. The number of benzene rings is 3. The SMILES string of the molecule is N#Cc1ccc2nccc(Nc3ccc(-c4nc5cc(Br)ccc5o4)cc3)c2c1. The lowest BCUT2D eigenvalue weighted by molar-refractivity contribution is 0.620. The molecule has 0 fully saturated rings. The van der Waals surface area contributed by atoms with Gasteiger partial charge in [-0.25, -0.2) is 4.98 Å². The summed E-state index contributed by atoms with van der Waals surface area (Å²) in [5.74, 6) is 0.581. The number of aromatic nitrogens is 2. The van der Waals surface area contributed by atoms with Crippen LogP contribution in [-0.4, -0.2) is 9.97 Å². The van der Waals surface area contributed by atoms with E-state index in [1.165, 1.54) is 0 Å². The van der Waals surface area contributed by atoms with E-state index in [4.69, 9.17) is 4.42 Å². The highest BCUT2D eigenvalue weighted by atomic mass is 79.9. The topological polar surface area (TPSA) is 74.7 Å². The number of nitrogens with zero attached hydrogens (tertiary/aromatic N) is 3. The summed E-state index contributed by atoms with van der Waals surface area (Å²) in [6.07, 6.45) is 1.75. The Bertz CT molecular complexity index is 1400. The zero-order valence-corrected chi connectivity index (χ0v) is 16.6. The van der Waals surface area contributed by atoms with Crippen LogP contribution in [0.5, 0.6) is 0 Å². The van der Waals surface area contributed by atoms with Gasteiger partial charge in [0.1, 0.15) is 5.52 Å². The first-order chi connectivity index (χ1) is 14.2. The van der Waals surface area contributed by atoms with E-state index in [1.807, 2.05) is 60.7 Å². The maximum absolute atomic E-state index is 9.18. The molecule has 0 saturated heterocycles. The first-order valence-electron chi connectivity index (χ1n) is 8.92. The predicted octanol–water partition coefficient (Wildman–Crippen LogP) is 6.42. The first-order valence-corrected chi connectivity index (χ1v) is 9.71. The number of fused-ring (bicyclic) bond motifs is 2. The monoisotopic (exact) mass is 440 g/mol. The van der Waals surface area contributed by atoms with Crippen molar-refractivity contribution in [1.82, 2.24) is 9.97 Å². The molecule has 29 heavy (non-hydrogen) atoms. The molecule has 0 aliphatic heterocycles. The van der Waals surface area contributed by atoms with Crippen LogP contribution in [0.1, 0.15) is 5.56 Å². The molecular formula is C23H13BrN4O. The molecular weight excluding hydrogens is 428 g/mol. The van der Waals surface area contributed by atoms with Crippen LogP contribution in [0, 0.1) is 11.3 Å². The van der Waals surface area contributed by atoms with Crippen molar-refractivity contribution >= 4 is 49.3 Å². The Labute approximate surface area is 174 Å². The first kappa shape index (κ1) is 17.4. The molecule has 5 aromatic rings. The van der Waals surface area contributed by atoms with Gasteiger partial charge in [0.2, 0.25) is 5.89 Å². The lowest BCUT2D eigenvalue weighted by atomic mass is 10.1. The quantitative estimate of drug-likeness (QED) is 0.350. The number of hydrogen-bond donors (Lipinski definition) is 1. The Balaban J connectivity index is 1.46. The molecule has 2 aromatic heterocycles. The molecule has 0 bridgehead atoms. The Morgan fingerprint density at radius 1 is 0.931 bits per heavy atom. The molecule has 0 spiro atoms. The zero-order chi connectivity index (χ0) is 19.8. The zero-order valence-electron chi connectivity index (χ0n) is 15.1. The number of halogens is 1. The van der Waals surface area contributed by atoms with Gasteiger partial charge in [-0.3, -0.25) is 4.98 Å². The van der Waals surface area contributed by atoms with Crippen LogP contribution in [-0.2, 0) is 0 Å². The van der Waals surface area contributed by atoms with E-state index in [2.05, 4.69) is 37.3 Å². The molecule has 0 aliphatic rings. The van der Waals surface area contributed by atoms with Gasteiger partial charge in [0.15, 0.2) is 5.58 Å². The molecule has 6 heteroatoms. The van der Waals surface area contributed by atoms with Crippen molar-refractivity contribution in [1.29, 1.82) is 5.26 Å². The highest BCUT2D eigenvalue weighted by molar-refractivity contribution is 9.10. The molecule has 0 unspecified atom stereocenters. The van der Waals surface area contributed by atoms with Gasteiger partial charge in [-0.15, -0.1) is 0 Å². The Kier molecular flexibility index (Phi) is 4.23. The van der Waals surface area contributed by atoms with Gasteiger partial charge < -0.3 is 9.73 Å². The van der Waals surface area contributed by atoms with Crippen LogP contribution in [0.15, 0.2) is 81.8 Å². The van der Waals surface area contributed by atoms with Gasteiger partial charge in [-0.05, 0) is 66.7 Å². The van der Waals surface area contributed by atoms with Crippen LogP contribution in [0.25, 0.3) is 33.5 Å². The maximum atomic E-state index is 9.18. The maximum Gasteiger partial charge on any atom is 0.227 e. The minimum atomic E-state index is 0.581. The highest BCUT2D eigenvalue weighted by Crippen LogP contribution is 2.29. The van der Waals surface area contributed by atoms with Crippen LogP contribution >= 0.6 is 15.9 Å². The standard InChI is InChI=1S/C23H13BrN4O/c24-16-4-8-22-21(12-16)28-23(29-22)15-2-5-17(6-3-15)27-20-9-10-26-19-7-1-14(13-25)11-18(19)20/h1-12H,(H,26,27). The predicted molar refractivity (Wildman–Crippen MR) is 117 cm³/mol. The summed E-state index contributed by atoms with van der Waals surface area (Å²) in [4.78, 5) is 8.93. The molecule has 138 valence electrons. The molecule has 1 N–H and O–H groups in total. The van der Waals surface area contributed by atoms with Crippen molar-refractivity contribution in [2.75, 3.05) is 5.32 Å². The average molecular weight is 441 g/mol. The Morgan fingerprint density at radius 2 is 1.79 bits per heavy atom. The minimum absolute atomic E-state index is 0.581. The van der Waals surface area contributed by atoms with Gasteiger partial charge in [0, 0.05) is 33.0 Å². The van der Waals surface area contributed by atoms with E-state index in [-0.39, 0.29) is 0 Å². The Hall–Kier alpha value is -3.69. The number of nitrogens with one attached hydrogen (secondary N) is 1. The molecule has 0 saturated carbocycles. The lowest BCUT2D eigenvalue weighted by Gasteiger charge is -2.10. The fourth-order valence-corrected chi connectivity index (χ4v) is 3.55. The number of anilines is 2. The number of rotatable bonds is 3. The minimum Gasteiger partial charge on any atom is -0.436 e. The molecule has 5 nitrogen and oxygen atoms in total. The van der Waals surface area contributed by atoms with Gasteiger partial charge in [0.05, 0.1) is 17.1 Å². The summed E-state index contributed by atoms with van der Waals surface area (Å²) in [5.41, 5.74) is 5.72. The van der Waals surface area contributed by atoms with Crippen molar-refractivity contribution in [2.45, 2.75) is 0 Å². The average Bonchev–Trinajstić information content (AvgIpc) is 3.17. The normalized spacial score (nSPS) is 10.9. The summed E-state index contributed by atoms with van der Waals surface area (Å²) >= 11 is 3.45.